The van der Waals surface area contributed by atoms with Crippen molar-refractivity contribution >= 4 is 33.6 Å². The molecule has 0 radical (unpaired) electrons. The smallest absolute Gasteiger partial charge is 0.244 e. The molecule has 27 heavy (non-hydrogen) atoms. The lowest BCUT2D eigenvalue weighted by atomic mass is 10.1. The van der Waals surface area contributed by atoms with Crippen molar-refractivity contribution in [3.05, 3.63) is 28.8 Å². The third-order valence-electron chi connectivity index (χ3n) is 4.16. The highest BCUT2D eigenvalue weighted by Gasteiger charge is 2.26. The average Bonchev–Trinajstić information content (AvgIpc) is 2.60. The maximum Gasteiger partial charge on any atom is 0.244 e. The van der Waals surface area contributed by atoms with Gasteiger partial charge in [-0.25, -0.2) is 12.7 Å². The molecule has 0 bridgehead atoms. The zero-order valence-electron chi connectivity index (χ0n) is 15.7. The number of piperidine rings is 1. The zero-order valence-corrected chi connectivity index (χ0v) is 17.3. The highest BCUT2D eigenvalue weighted by atomic mass is 35.5. The topological polar surface area (TPSA) is 84.9 Å². The largest absolute Gasteiger partial charge is 0.491 e. The minimum Gasteiger partial charge on any atom is -0.491 e. The predicted octanol–water partition coefficient (Wildman–Crippen LogP) is 2.30. The number of hydrogen-bond donors (Lipinski definition) is 1. The van der Waals surface area contributed by atoms with Gasteiger partial charge in [-0.2, -0.15) is 0 Å². The van der Waals surface area contributed by atoms with Crippen LogP contribution in [0.3, 0.4) is 0 Å². The van der Waals surface area contributed by atoms with E-state index in [1.54, 1.807) is 18.2 Å². The van der Waals surface area contributed by atoms with E-state index in [1.165, 1.54) is 23.7 Å². The normalized spacial score (nSPS) is 18.4. The van der Waals surface area contributed by atoms with E-state index >= 15 is 0 Å². The number of halogens is 1. The molecule has 0 spiro atoms. The van der Waals surface area contributed by atoms with Crippen molar-refractivity contribution in [1.82, 2.24) is 9.62 Å². The average molecular weight is 417 g/mol. The molecule has 150 valence electrons. The Hall–Kier alpha value is -1.77. The number of methoxy groups -OCH3 is 1. The fourth-order valence-corrected chi connectivity index (χ4v) is 4.14. The van der Waals surface area contributed by atoms with Gasteiger partial charge < -0.3 is 14.8 Å². The SMILES string of the molecule is CCOc1cc(/C=C/C(=O)NC2CCCN(S(C)(=O)=O)C2)cc(Cl)c1OC. The zero-order chi connectivity index (χ0) is 20.0. The molecular formula is C18H25ClN2O5S. The van der Waals surface area contributed by atoms with Gasteiger partial charge in [0.05, 0.1) is 25.0 Å². The summed E-state index contributed by atoms with van der Waals surface area (Å²) in [4.78, 5) is 12.2. The van der Waals surface area contributed by atoms with Crippen molar-refractivity contribution in [1.29, 1.82) is 0 Å². The molecule has 7 nitrogen and oxygen atoms in total. The summed E-state index contributed by atoms with van der Waals surface area (Å²) >= 11 is 6.20. The van der Waals surface area contributed by atoms with E-state index in [0.29, 0.717) is 48.2 Å². The Morgan fingerprint density at radius 2 is 2.19 bits per heavy atom. The fourth-order valence-electron chi connectivity index (χ4n) is 2.93. The van der Waals surface area contributed by atoms with Crippen molar-refractivity contribution < 1.29 is 22.7 Å². The number of ether oxygens (including phenoxy) is 2. The molecule has 1 aliphatic rings. The van der Waals surface area contributed by atoms with E-state index < -0.39 is 10.0 Å². The Labute approximate surface area is 165 Å². The van der Waals surface area contributed by atoms with Gasteiger partial charge in [-0.05, 0) is 43.5 Å². The quantitative estimate of drug-likeness (QED) is 0.689. The molecule has 2 rings (SSSR count). The molecule has 0 aromatic heterocycles. The lowest BCUT2D eigenvalue weighted by Crippen LogP contribution is -2.48. The maximum atomic E-state index is 12.2. The van der Waals surface area contributed by atoms with Gasteiger partial charge in [0.25, 0.3) is 0 Å². The van der Waals surface area contributed by atoms with E-state index in [2.05, 4.69) is 5.32 Å². The lowest BCUT2D eigenvalue weighted by Gasteiger charge is -2.31. The van der Waals surface area contributed by atoms with E-state index in [4.69, 9.17) is 21.1 Å². The second kappa shape index (κ2) is 9.43. The first-order valence-electron chi connectivity index (χ1n) is 8.68. The lowest BCUT2D eigenvalue weighted by molar-refractivity contribution is -0.117. The van der Waals surface area contributed by atoms with E-state index in [1.807, 2.05) is 6.92 Å². The fraction of sp³-hybridized carbons (Fsp3) is 0.500. The summed E-state index contributed by atoms with van der Waals surface area (Å²) in [6.07, 6.45) is 5.66. The number of carbonyl (C=O) groups is 1. The van der Waals surface area contributed by atoms with Crippen LogP contribution in [0.15, 0.2) is 18.2 Å². The van der Waals surface area contributed by atoms with Crippen LogP contribution in [-0.4, -0.2) is 57.7 Å². The summed E-state index contributed by atoms with van der Waals surface area (Å²) in [5.74, 6) is 0.659. The summed E-state index contributed by atoms with van der Waals surface area (Å²) in [5, 5.41) is 3.24. The molecule has 1 unspecified atom stereocenters. The number of carbonyl (C=O) groups excluding carboxylic acids is 1. The molecule has 1 atom stereocenters. The molecule has 1 aliphatic heterocycles. The second-order valence-electron chi connectivity index (χ2n) is 6.27. The molecule has 1 N–H and O–H groups in total. The number of sulfonamides is 1. The van der Waals surface area contributed by atoms with Crippen LogP contribution in [0.4, 0.5) is 0 Å². The third kappa shape index (κ3) is 6.12. The van der Waals surface area contributed by atoms with Crippen LogP contribution in [0.2, 0.25) is 5.02 Å². The van der Waals surface area contributed by atoms with Crippen molar-refractivity contribution in [2.45, 2.75) is 25.8 Å². The Balaban J connectivity index is 2.04. The monoisotopic (exact) mass is 416 g/mol. The summed E-state index contributed by atoms with van der Waals surface area (Å²) in [6, 6.07) is 3.21. The molecule has 1 fully saturated rings. The molecule has 0 saturated carbocycles. The van der Waals surface area contributed by atoms with Crippen LogP contribution in [0.1, 0.15) is 25.3 Å². The van der Waals surface area contributed by atoms with Crippen LogP contribution < -0.4 is 14.8 Å². The Bertz CT molecular complexity index is 810. The van der Waals surface area contributed by atoms with Gasteiger partial charge in [-0.15, -0.1) is 0 Å². The molecule has 0 aliphatic carbocycles. The first-order chi connectivity index (χ1) is 12.7. The third-order valence-corrected chi connectivity index (χ3v) is 5.71. The molecule has 9 heteroatoms. The van der Waals surface area contributed by atoms with E-state index in [9.17, 15) is 13.2 Å². The van der Waals surface area contributed by atoms with Gasteiger partial charge in [0.2, 0.25) is 15.9 Å². The number of rotatable bonds is 7. The maximum absolute atomic E-state index is 12.2. The summed E-state index contributed by atoms with van der Waals surface area (Å²) in [7, 11) is -1.74. The minimum absolute atomic E-state index is 0.205. The number of nitrogens with zero attached hydrogens (tertiary/aromatic N) is 1. The minimum atomic E-state index is -3.25. The molecule has 1 saturated heterocycles. The molecular weight excluding hydrogens is 392 g/mol. The molecule has 1 aromatic carbocycles. The van der Waals surface area contributed by atoms with Gasteiger partial charge in [-0.1, -0.05) is 11.6 Å². The van der Waals surface area contributed by atoms with Crippen molar-refractivity contribution in [2.75, 3.05) is 33.1 Å². The standard InChI is InChI=1S/C18H25ClN2O5S/c1-4-26-16-11-13(10-15(19)18(16)25-2)7-8-17(22)20-14-6-5-9-21(12-14)27(3,23)24/h7-8,10-11,14H,4-6,9,12H2,1-3H3,(H,20,22)/b8-7+. The number of benzene rings is 1. The van der Waals surface area contributed by atoms with E-state index in [0.717, 1.165) is 6.42 Å². The summed E-state index contributed by atoms with van der Waals surface area (Å²) < 4.78 is 35.5. The Morgan fingerprint density at radius 3 is 2.81 bits per heavy atom. The predicted molar refractivity (Wildman–Crippen MR) is 106 cm³/mol. The van der Waals surface area contributed by atoms with Crippen LogP contribution in [-0.2, 0) is 14.8 Å². The number of nitrogens with one attached hydrogen (secondary N) is 1. The molecule has 1 heterocycles. The molecule has 1 amide bonds. The van der Waals surface area contributed by atoms with Gasteiger partial charge in [0, 0.05) is 25.2 Å². The summed E-state index contributed by atoms with van der Waals surface area (Å²) in [6.45, 7) is 3.10. The Morgan fingerprint density at radius 1 is 1.44 bits per heavy atom. The van der Waals surface area contributed by atoms with Crippen LogP contribution in [0.25, 0.3) is 6.08 Å². The number of hydrogen-bond acceptors (Lipinski definition) is 5. The van der Waals surface area contributed by atoms with Crippen molar-refractivity contribution in [3.63, 3.8) is 0 Å². The summed E-state index contributed by atoms with van der Waals surface area (Å²) in [5.41, 5.74) is 0.695. The van der Waals surface area contributed by atoms with Crippen molar-refractivity contribution in [2.24, 2.45) is 0 Å². The van der Waals surface area contributed by atoms with E-state index in [-0.39, 0.29) is 11.9 Å². The first kappa shape index (κ1) is 21.5. The highest BCUT2D eigenvalue weighted by Crippen LogP contribution is 2.36. The van der Waals surface area contributed by atoms with Crippen LogP contribution in [0, 0.1) is 0 Å². The molecule has 1 aromatic rings. The Kier molecular flexibility index (Phi) is 7.52. The van der Waals surface area contributed by atoms with Gasteiger partial charge in [0.1, 0.15) is 0 Å². The van der Waals surface area contributed by atoms with Gasteiger partial charge in [0.15, 0.2) is 11.5 Å². The van der Waals surface area contributed by atoms with Gasteiger partial charge in [-0.3, -0.25) is 4.79 Å². The van der Waals surface area contributed by atoms with Crippen molar-refractivity contribution in [3.8, 4) is 11.5 Å². The number of amides is 1. The van der Waals surface area contributed by atoms with Gasteiger partial charge >= 0.3 is 0 Å². The first-order valence-corrected chi connectivity index (χ1v) is 10.9. The van der Waals surface area contributed by atoms with Crippen LogP contribution in [0.5, 0.6) is 11.5 Å². The second-order valence-corrected chi connectivity index (χ2v) is 8.66. The highest BCUT2D eigenvalue weighted by molar-refractivity contribution is 7.88. The van der Waals surface area contributed by atoms with Crippen LogP contribution >= 0.6 is 11.6 Å².